The molecule has 3 amide bonds. The fourth-order valence-electron chi connectivity index (χ4n) is 2.33. The van der Waals surface area contributed by atoms with Crippen LogP contribution in [0.5, 0.6) is 0 Å². The molecule has 0 saturated carbocycles. The molecular weight excluding hydrogens is 301 g/mol. The molecule has 1 fully saturated rings. The molecule has 2 bridgehead atoms. The first-order valence-corrected chi connectivity index (χ1v) is 6.88. The van der Waals surface area contributed by atoms with E-state index in [-0.39, 0.29) is 36.1 Å². The summed E-state index contributed by atoms with van der Waals surface area (Å²) < 4.78 is 34.3. The van der Waals surface area contributed by atoms with Crippen molar-refractivity contribution in [3.63, 3.8) is 0 Å². The van der Waals surface area contributed by atoms with Crippen LogP contribution in [0.25, 0.3) is 0 Å². The second-order valence-electron chi connectivity index (χ2n) is 4.23. The Balaban J connectivity index is 0.00000200. The third-order valence-corrected chi connectivity index (χ3v) is 3.39. The van der Waals surface area contributed by atoms with Crippen LogP contribution in [-0.4, -0.2) is 83.1 Å². The zero-order valence-electron chi connectivity index (χ0n) is 10.0. The Morgan fingerprint density at radius 3 is 2.65 bits per heavy atom. The number of hydrogen-bond donors (Lipinski definition) is 2. The number of urea groups is 1. The summed E-state index contributed by atoms with van der Waals surface area (Å²) in [5.74, 6) is -0.700. The van der Waals surface area contributed by atoms with Crippen molar-refractivity contribution in [3.8, 4) is 0 Å². The van der Waals surface area contributed by atoms with Crippen LogP contribution in [0.2, 0.25) is 0 Å². The number of rotatable bonds is 4. The summed E-state index contributed by atoms with van der Waals surface area (Å²) in [6.07, 6.45) is 2.04. The van der Waals surface area contributed by atoms with Crippen molar-refractivity contribution in [1.29, 1.82) is 0 Å². The minimum absolute atomic E-state index is 0. The van der Waals surface area contributed by atoms with Crippen LogP contribution in [0.1, 0.15) is 13.3 Å². The van der Waals surface area contributed by atoms with E-state index < -0.39 is 34.4 Å². The normalized spacial score (nSPS) is 25.3. The fraction of sp³-hybridized carbons (Fsp3) is 0.556. The van der Waals surface area contributed by atoms with Crippen LogP contribution in [0, 0.1) is 0 Å². The third kappa shape index (κ3) is 3.15. The SMILES string of the molecule is CCC1=CC2CN(C(=O)N2OS(=O)(=O)O)C1C(N)=O.[NaH]. The molecule has 2 heterocycles. The van der Waals surface area contributed by atoms with Gasteiger partial charge in [0.05, 0.1) is 12.6 Å². The molecule has 2 atom stereocenters. The van der Waals surface area contributed by atoms with Crippen LogP contribution >= 0.6 is 0 Å². The predicted octanol–water partition coefficient (Wildman–Crippen LogP) is -1.62. The topological polar surface area (TPSA) is 130 Å². The fourth-order valence-corrected chi connectivity index (χ4v) is 2.71. The molecule has 9 nitrogen and oxygen atoms in total. The van der Waals surface area contributed by atoms with Crippen molar-refractivity contribution in [1.82, 2.24) is 9.96 Å². The van der Waals surface area contributed by atoms with Gasteiger partial charge in [-0.1, -0.05) is 13.0 Å². The van der Waals surface area contributed by atoms with E-state index >= 15 is 0 Å². The Kier molecular flexibility index (Phi) is 5.22. The quantitative estimate of drug-likeness (QED) is 0.364. The maximum absolute atomic E-state index is 12.0. The third-order valence-electron chi connectivity index (χ3n) is 3.04. The van der Waals surface area contributed by atoms with E-state index in [9.17, 15) is 18.0 Å². The number of nitrogens with two attached hydrogens (primary N) is 1. The molecule has 0 spiro atoms. The first kappa shape index (κ1) is 17.4. The van der Waals surface area contributed by atoms with E-state index in [0.717, 1.165) is 4.90 Å². The Morgan fingerprint density at radius 2 is 2.20 bits per heavy atom. The van der Waals surface area contributed by atoms with Crippen LogP contribution in [-0.2, 0) is 19.5 Å². The summed E-state index contributed by atoms with van der Waals surface area (Å²) >= 11 is 0. The molecule has 2 aliphatic heterocycles. The Hall–Kier alpha value is -0.650. The van der Waals surface area contributed by atoms with Gasteiger partial charge in [-0.2, -0.15) is 13.5 Å². The van der Waals surface area contributed by atoms with Gasteiger partial charge in [0.2, 0.25) is 5.91 Å². The van der Waals surface area contributed by atoms with Gasteiger partial charge in [-0.25, -0.2) is 4.79 Å². The van der Waals surface area contributed by atoms with E-state index in [1.807, 2.05) is 0 Å². The molecule has 20 heavy (non-hydrogen) atoms. The van der Waals surface area contributed by atoms with Crippen molar-refractivity contribution in [3.05, 3.63) is 11.6 Å². The van der Waals surface area contributed by atoms with Crippen molar-refractivity contribution in [2.45, 2.75) is 25.4 Å². The molecular formula is C9H14N3NaO6S. The molecule has 2 rings (SSSR count). The van der Waals surface area contributed by atoms with Gasteiger partial charge in [0, 0.05) is 0 Å². The number of primary amides is 1. The molecule has 0 aliphatic carbocycles. The second-order valence-corrected chi connectivity index (χ2v) is 5.23. The standard InChI is InChI=1S/C9H13N3O6S.Na.H/c1-2-5-3-6-4-11(7(5)8(10)13)9(14)12(6)18-19(15,16)17;;/h3,6-7H,2,4H2,1H3,(H2,10,13)(H,15,16,17);;. The van der Waals surface area contributed by atoms with Gasteiger partial charge in [-0.05, 0) is 12.0 Å². The van der Waals surface area contributed by atoms with Gasteiger partial charge >= 0.3 is 46.0 Å². The zero-order valence-corrected chi connectivity index (χ0v) is 10.8. The average molecular weight is 315 g/mol. The summed E-state index contributed by atoms with van der Waals surface area (Å²) in [6.45, 7) is 1.86. The van der Waals surface area contributed by atoms with E-state index in [2.05, 4.69) is 4.28 Å². The number of fused-ring (bicyclic) bond motifs is 2. The van der Waals surface area contributed by atoms with Gasteiger partial charge in [-0.15, -0.1) is 4.28 Å². The van der Waals surface area contributed by atoms with E-state index in [4.69, 9.17) is 10.3 Å². The Labute approximate surface area is 137 Å². The van der Waals surface area contributed by atoms with E-state index in [1.165, 1.54) is 0 Å². The van der Waals surface area contributed by atoms with Crippen LogP contribution < -0.4 is 5.73 Å². The van der Waals surface area contributed by atoms with Crippen molar-refractivity contribution in [2.75, 3.05) is 6.54 Å². The van der Waals surface area contributed by atoms with Gasteiger partial charge < -0.3 is 10.6 Å². The summed E-state index contributed by atoms with van der Waals surface area (Å²) in [5, 5.41) is 0.522. The molecule has 1 saturated heterocycles. The molecule has 0 aromatic carbocycles. The first-order chi connectivity index (χ1) is 8.74. The number of carbonyl (C=O) groups excluding carboxylic acids is 2. The predicted molar refractivity (Wildman–Crippen MR) is 68.9 cm³/mol. The first-order valence-electron chi connectivity index (χ1n) is 5.51. The number of carbonyl (C=O) groups is 2. The van der Waals surface area contributed by atoms with Gasteiger partial charge in [0.25, 0.3) is 0 Å². The van der Waals surface area contributed by atoms with Crippen molar-refractivity contribution >= 4 is 51.9 Å². The monoisotopic (exact) mass is 315 g/mol. The maximum atomic E-state index is 12.0. The van der Waals surface area contributed by atoms with Crippen LogP contribution in [0.4, 0.5) is 4.79 Å². The molecule has 0 aromatic heterocycles. The Bertz CT molecular complexity index is 562. The summed E-state index contributed by atoms with van der Waals surface area (Å²) in [4.78, 5) is 24.5. The van der Waals surface area contributed by atoms with Crippen molar-refractivity contribution < 1.29 is 26.8 Å². The molecule has 0 aromatic rings. The number of hydroxylamine groups is 2. The average Bonchev–Trinajstić information content (AvgIpc) is 2.52. The van der Waals surface area contributed by atoms with Crippen LogP contribution in [0.3, 0.4) is 0 Å². The molecule has 108 valence electrons. The number of amides is 3. The summed E-state index contributed by atoms with van der Waals surface area (Å²) in [5.41, 5.74) is 5.86. The van der Waals surface area contributed by atoms with E-state index in [1.54, 1.807) is 13.0 Å². The van der Waals surface area contributed by atoms with Gasteiger partial charge in [0.1, 0.15) is 6.04 Å². The van der Waals surface area contributed by atoms with Crippen LogP contribution in [0.15, 0.2) is 11.6 Å². The molecule has 2 unspecified atom stereocenters. The van der Waals surface area contributed by atoms with Gasteiger partial charge in [0.15, 0.2) is 0 Å². The number of nitrogens with zero attached hydrogens (tertiary/aromatic N) is 2. The molecule has 3 N–H and O–H groups in total. The van der Waals surface area contributed by atoms with Gasteiger partial charge in [-0.3, -0.25) is 9.35 Å². The minimum atomic E-state index is -4.81. The molecule has 0 radical (unpaired) electrons. The second kappa shape index (κ2) is 6.00. The zero-order chi connectivity index (χ0) is 14.4. The van der Waals surface area contributed by atoms with E-state index in [0.29, 0.717) is 17.1 Å². The molecule has 11 heteroatoms. The summed E-state index contributed by atoms with van der Waals surface area (Å²) in [7, 11) is -4.81. The van der Waals surface area contributed by atoms with Crippen molar-refractivity contribution in [2.24, 2.45) is 5.73 Å². The molecule has 2 aliphatic rings. The number of hydrogen-bond acceptors (Lipinski definition) is 5. The summed E-state index contributed by atoms with van der Waals surface area (Å²) in [6, 6.07) is -2.42. The Morgan fingerprint density at radius 1 is 1.60 bits per heavy atom.